The van der Waals surface area contributed by atoms with Gasteiger partial charge < -0.3 is 20.1 Å². The van der Waals surface area contributed by atoms with Crippen LogP contribution in [0.2, 0.25) is 0 Å². The number of ether oxygens (including phenoxy) is 2. The number of morpholine rings is 1. The topological polar surface area (TPSA) is 85.4 Å². The molecule has 1 atom stereocenters. The van der Waals surface area contributed by atoms with E-state index >= 15 is 0 Å². The molecule has 0 aliphatic carbocycles. The molecule has 22 heavy (non-hydrogen) atoms. The lowest BCUT2D eigenvalue weighted by Crippen LogP contribution is -2.48. The van der Waals surface area contributed by atoms with Crippen LogP contribution < -0.4 is 15.4 Å². The Balaban J connectivity index is 1.64. The van der Waals surface area contributed by atoms with Crippen LogP contribution in [0.25, 0.3) is 0 Å². The fourth-order valence-electron chi connectivity index (χ4n) is 2.06. The molecule has 2 aromatic rings. The normalized spacial score (nSPS) is 17.7. The molecule has 1 aliphatic rings. The minimum Gasteiger partial charge on any atom is -0.437 e. The molecular weight excluding hydrogens is 284 g/mol. The molecule has 1 aromatic carbocycles. The second kappa shape index (κ2) is 6.97. The Kier molecular flexibility index (Phi) is 4.57. The van der Waals surface area contributed by atoms with Crippen LogP contribution in [-0.4, -0.2) is 41.7 Å². The first kappa shape index (κ1) is 14.4. The number of aromatic nitrogens is 2. The highest BCUT2D eigenvalue weighted by Gasteiger charge is 2.21. The second-order valence-corrected chi connectivity index (χ2v) is 4.74. The largest absolute Gasteiger partial charge is 0.437 e. The van der Waals surface area contributed by atoms with Gasteiger partial charge in [-0.2, -0.15) is 0 Å². The Hall–Kier alpha value is -2.51. The number of anilines is 1. The van der Waals surface area contributed by atoms with E-state index in [0.29, 0.717) is 37.1 Å². The average molecular weight is 300 g/mol. The molecular formula is C15H16N4O3. The van der Waals surface area contributed by atoms with Crippen molar-refractivity contribution >= 4 is 11.6 Å². The maximum Gasteiger partial charge on any atom is 0.243 e. The first-order valence-corrected chi connectivity index (χ1v) is 6.97. The predicted octanol–water partition coefficient (Wildman–Crippen LogP) is 1.20. The Morgan fingerprint density at radius 2 is 2.36 bits per heavy atom. The van der Waals surface area contributed by atoms with Crippen molar-refractivity contribution in [3.8, 4) is 11.6 Å². The number of carbonyl (C=O) groups excluding carboxylic acids is 1. The third kappa shape index (κ3) is 3.78. The monoisotopic (exact) mass is 300 g/mol. The van der Waals surface area contributed by atoms with Gasteiger partial charge in [-0.25, -0.2) is 4.98 Å². The van der Waals surface area contributed by atoms with Gasteiger partial charge >= 0.3 is 0 Å². The van der Waals surface area contributed by atoms with Crippen LogP contribution in [0.15, 0.2) is 42.9 Å². The molecule has 1 saturated heterocycles. The van der Waals surface area contributed by atoms with Gasteiger partial charge in [0, 0.05) is 30.7 Å². The Bertz CT molecular complexity index is 630. The molecule has 7 heteroatoms. The maximum atomic E-state index is 12.1. The zero-order valence-corrected chi connectivity index (χ0v) is 11.9. The fraction of sp³-hybridized carbons (Fsp3) is 0.267. The summed E-state index contributed by atoms with van der Waals surface area (Å²) in [5, 5.41) is 5.95. The van der Waals surface area contributed by atoms with Gasteiger partial charge in [-0.3, -0.25) is 9.78 Å². The molecule has 0 radical (unpaired) electrons. The molecule has 1 amide bonds. The lowest BCUT2D eigenvalue weighted by atomic mass is 10.2. The van der Waals surface area contributed by atoms with Crippen LogP contribution in [-0.2, 0) is 9.53 Å². The van der Waals surface area contributed by atoms with E-state index in [2.05, 4.69) is 20.6 Å². The summed E-state index contributed by atoms with van der Waals surface area (Å²) >= 11 is 0. The molecule has 0 spiro atoms. The highest BCUT2D eigenvalue weighted by molar-refractivity contribution is 5.95. The first-order valence-electron chi connectivity index (χ1n) is 6.97. The van der Waals surface area contributed by atoms with Crippen molar-refractivity contribution in [2.75, 3.05) is 25.1 Å². The van der Waals surface area contributed by atoms with Gasteiger partial charge in [0.1, 0.15) is 11.8 Å². The quantitative estimate of drug-likeness (QED) is 0.882. The predicted molar refractivity (Wildman–Crippen MR) is 79.8 cm³/mol. The molecule has 0 saturated carbocycles. The van der Waals surface area contributed by atoms with Gasteiger partial charge in [-0.1, -0.05) is 6.07 Å². The molecule has 1 aromatic heterocycles. The SMILES string of the molecule is O=C(Nc1cccc(Oc2cnccn2)c1)C1COCCN1. The lowest BCUT2D eigenvalue weighted by molar-refractivity contribution is -0.120. The van der Waals surface area contributed by atoms with E-state index in [1.807, 2.05) is 0 Å². The van der Waals surface area contributed by atoms with Crippen molar-refractivity contribution in [3.63, 3.8) is 0 Å². The molecule has 114 valence electrons. The third-order valence-corrected chi connectivity index (χ3v) is 3.10. The summed E-state index contributed by atoms with van der Waals surface area (Å²) < 4.78 is 10.9. The van der Waals surface area contributed by atoms with E-state index in [1.165, 1.54) is 6.20 Å². The molecule has 0 bridgehead atoms. The van der Waals surface area contributed by atoms with E-state index in [0.717, 1.165) is 0 Å². The standard InChI is InChI=1S/C15H16N4O3/c20-15(13-10-21-7-6-17-13)19-11-2-1-3-12(8-11)22-14-9-16-4-5-18-14/h1-5,8-9,13,17H,6-7,10H2,(H,19,20). The Morgan fingerprint density at radius 3 is 3.14 bits per heavy atom. The van der Waals surface area contributed by atoms with Gasteiger partial charge in [0.2, 0.25) is 11.8 Å². The highest BCUT2D eigenvalue weighted by Crippen LogP contribution is 2.22. The summed E-state index contributed by atoms with van der Waals surface area (Å²) in [4.78, 5) is 20.1. The van der Waals surface area contributed by atoms with Crippen molar-refractivity contribution in [3.05, 3.63) is 42.9 Å². The lowest BCUT2D eigenvalue weighted by Gasteiger charge is -2.22. The number of hydrogen-bond acceptors (Lipinski definition) is 6. The van der Waals surface area contributed by atoms with E-state index in [1.54, 1.807) is 36.7 Å². The number of amides is 1. The molecule has 3 rings (SSSR count). The molecule has 2 N–H and O–H groups in total. The average Bonchev–Trinajstić information content (AvgIpc) is 2.57. The number of rotatable bonds is 4. The highest BCUT2D eigenvalue weighted by atomic mass is 16.5. The summed E-state index contributed by atoms with van der Waals surface area (Å²) in [6.07, 6.45) is 4.65. The Morgan fingerprint density at radius 1 is 1.41 bits per heavy atom. The molecule has 7 nitrogen and oxygen atoms in total. The number of carbonyl (C=O) groups is 1. The van der Waals surface area contributed by atoms with Crippen molar-refractivity contribution in [1.29, 1.82) is 0 Å². The zero-order valence-electron chi connectivity index (χ0n) is 11.9. The smallest absolute Gasteiger partial charge is 0.243 e. The van der Waals surface area contributed by atoms with Crippen LogP contribution in [0.5, 0.6) is 11.6 Å². The minimum absolute atomic E-state index is 0.128. The molecule has 1 unspecified atom stereocenters. The Labute approximate surface area is 127 Å². The molecule has 1 aliphatic heterocycles. The molecule has 1 fully saturated rings. The van der Waals surface area contributed by atoms with Crippen LogP contribution >= 0.6 is 0 Å². The van der Waals surface area contributed by atoms with Crippen molar-refractivity contribution in [2.24, 2.45) is 0 Å². The van der Waals surface area contributed by atoms with Crippen molar-refractivity contribution in [2.45, 2.75) is 6.04 Å². The van der Waals surface area contributed by atoms with E-state index < -0.39 is 0 Å². The first-order chi connectivity index (χ1) is 10.8. The van der Waals surface area contributed by atoms with Crippen LogP contribution in [0.4, 0.5) is 5.69 Å². The summed E-state index contributed by atoms with van der Waals surface area (Å²) in [5.41, 5.74) is 0.652. The summed E-state index contributed by atoms with van der Waals surface area (Å²) in [5.74, 6) is 0.843. The number of nitrogens with zero attached hydrogens (tertiary/aromatic N) is 2. The second-order valence-electron chi connectivity index (χ2n) is 4.74. The number of benzene rings is 1. The minimum atomic E-state index is -0.335. The zero-order chi connectivity index (χ0) is 15.2. The van der Waals surface area contributed by atoms with Gasteiger partial charge in [0.15, 0.2) is 0 Å². The van der Waals surface area contributed by atoms with Gasteiger partial charge in [-0.05, 0) is 12.1 Å². The van der Waals surface area contributed by atoms with E-state index in [4.69, 9.17) is 9.47 Å². The third-order valence-electron chi connectivity index (χ3n) is 3.10. The van der Waals surface area contributed by atoms with E-state index in [-0.39, 0.29) is 11.9 Å². The van der Waals surface area contributed by atoms with Gasteiger partial charge in [-0.15, -0.1) is 0 Å². The number of hydrogen-bond donors (Lipinski definition) is 2. The molecule has 2 heterocycles. The van der Waals surface area contributed by atoms with Gasteiger partial charge in [0.05, 0.1) is 19.4 Å². The van der Waals surface area contributed by atoms with E-state index in [9.17, 15) is 4.79 Å². The van der Waals surface area contributed by atoms with Crippen molar-refractivity contribution in [1.82, 2.24) is 15.3 Å². The summed E-state index contributed by atoms with van der Waals surface area (Å²) in [6, 6.07) is 6.78. The van der Waals surface area contributed by atoms with Gasteiger partial charge in [0.25, 0.3) is 0 Å². The summed E-state index contributed by atoms with van der Waals surface area (Å²) in [6.45, 7) is 1.68. The number of nitrogens with one attached hydrogen (secondary N) is 2. The fourth-order valence-corrected chi connectivity index (χ4v) is 2.06. The summed E-state index contributed by atoms with van der Waals surface area (Å²) in [7, 11) is 0. The van der Waals surface area contributed by atoms with Crippen LogP contribution in [0.1, 0.15) is 0 Å². The van der Waals surface area contributed by atoms with Crippen LogP contribution in [0.3, 0.4) is 0 Å². The maximum absolute atomic E-state index is 12.1. The van der Waals surface area contributed by atoms with Crippen LogP contribution in [0, 0.1) is 0 Å². The van der Waals surface area contributed by atoms with Crippen molar-refractivity contribution < 1.29 is 14.3 Å².